The Hall–Kier alpha value is -2.21. The molecule has 0 radical (unpaired) electrons. The van der Waals surface area contributed by atoms with E-state index in [1.54, 1.807) is 17.5 Å². The molecule has 0 aromatic carbocycles. The second-order valence-corrected chi connectivity index (χ2v) is 4.73. The number of rotatable bonds is 4. The maximum absolute atomic E-state index is 5.53. The molecule has 96 valence electrons. The molecule has 0 N–H and O–H groups in total. The molecule has 0 aliphatic carbocycles. The van der Waals surface area contributed by atoms with E-state index in [9.17, 15) is 0 Å². The summed E-state index contributed by atoms with van der Waals surface area (Å²) in [6.45, 7) is 2.19. The van der Waals surface area contributed by atoms with Gasteiger partial charge in [-0.3, -0.25) is 4.98 Å². The van der Waals surface area contributed by atoms with E-state index in [0.29, 0.717) is 17.5 Å². The maximum atomic E-state index is 5.53. The van der Waals surface area contributed by atoms with Crippen LogP contribution in [0.15, 0.2) is 39.7 Å². The Balaban J connectivity index is 1.66. The molecule has 19 heavy (non-hydrogen) atoms. The molecule has 0 saturated heterocycles. The van der Waals surface area contributed by atoms with Crippen LogP contribution in [0.3, 0.4) is 0 Å². The molecule has 3 rings (SSSR count). The van der Waals surface area contributed by atoms with Gasteiger partial charge in [-0.25, -0.2) is 0 Å². The first-order chi connectivity index (χ1) is 9.31. The summed E-state index contributed by atoms with van der Waals surface area (Å²) < 4.78 is 10.7. The number of aryl methyl sites for hydroxylation is 1. The van der Waals surface area contributed by atoms with E-state index in [2.05, 4.69) is 15.1 Å². The average Bonchev–Trinajstić information content (AvgIpc) is 3.09. The Morgan fingerprint density at radius 1 is 1.32 bits per heavy atom. The van der Waals surface area contributed by atoms with E-state index < -0.39 is 0 Å². The summed E-state index contributed by atoms with van der Waals surface area (Å²) in [5.74, 6) is 1.72. The van der Waals surface area contributed by atoms with Gasteiger partial charge in [-0.1, -0.05) is 5.16 Å². The van der Waals surface area contributed by atoms with Crippen molar-refractivity contribution < 1.29 is 9.26 Å². The highest BCUT2D eigenvalue weighted by molar-refractivity contribution is 7.08. The standard InChI is InChI=1S/C13H11N3O2S/c1-9-2-3-11(6-14-9)17-7-12-15-13(18-16-12)10-4-5-19-8-10/h2-6,8H,7H2,1H3. The van der Waals surface area contributed by atoms with Crippen LogP contribution in [-0.2, 0) is 6.61 Å². The lowest BCUT2D eigenvalue weighted by Crippen LogP contribution is -1.98. The van der Waals surface area contributed by atoms with Crippen molar-refractivity contribution in [3.63, 3.8) is 0 Å². The summed E-state index contributed by atoms with van der Waals surface area (Å²) >= 11 is 1.59. The number of thiophene rings is 1. The zero-order valence-corrected chi connectivity index (χ0v) is 11.1. The minimum Gasteiger partial charge on any atom is -0.484 e. The third kappa shape index (κ3) is 2.79. The van der Waals surface area contributed by atoms with E-state index in [0.717, 1.165) is 11.3 Å². The number of pyridine rings is 1. The molecule has 0 amide bonds. The van der Waals surface area contributed by atoms with Crippen LogP contribution < -0.4 is 4.74 Å². The number of ether oxygens (including phenoxy) is 1. The minimum atomic E-state index is 0.262. The highest BCUT2D eigenvalue weighted by Crippen LogP contribution is 2.20. The molecule has 0 aliphatic heterocycles. The topological polar surface area (TPSA) is 61.0 Å². The molecule has 3 aromatic heterocycles. The Morgan fingerprint density at radius 3 is 3.00 bits per heavy atom. The molecule has 3 heterocycles. The van der Waals surface area contributed by atoms with Crippen LogP contribution in [0, 0.1) is 6.92 Å². The summed E-state index contributed by atoms with van der Waals surface area (Å²) in [4.78, 5) is 8.42. The molecular formula is C13H11N3O2S. The van der Waals surface area contributed by atoms with Crippen molar-refractivity contribution in [3.05, 3.63) is 46.7 Å². The molecule has 0 atom stereocenters. The predicted octanol–water partition coefficient (Wildman–Crippen LogP) is 3.08. The van der Waals surface area contributed by atoms with E-state index in [1.807, 2.05) is 35.9 Å². The van der Waals surface area contributed by atoms with Gasteiger partial charge in [-0.15, -0.1) is 0 Å². The van der Waals surface area contributed by atoms with Crippen LogP contribution >= 0.6 is 11.3 Å². The highest BCUT2D eigenvalue weighted by Gasteiger charge is 2.09. The summed E-state index contributed by atoms with van der Waals surface area (Å²) in [7, 11) is 0. The Bertz CT molecular complexity index is 647. The van der Waals surface area contributed by atoms with Crippen LogP contribution in [0.2, 0.25) is 0 Å². The van der Waals surface area contributed by atoms with Gasteiger partial charge in [0.15, 0.2) is 6.61 Å². The lowest BCUT2D eigenvalue weighted by atomic mass is 10.3. The van der Waals surface area contributed by atoms with E-state index in [1.165, 1.54) is 0 Å². The first-order valence-electron chi connectivity index (χ1n) is 5.72. The molecule has 0 unspecified atom stereocenters. The Morgan fingerprint density at radius 2 is 2.26 bits per heavy atom. The molecule has 3 aromatic rings. The fourth-order valence-corrected chi connectivity index (χ4v) is 2.13. The van der Waals surface area contributed by atoms with Crippen molar-refractivity contribution in [1.29, 1.82) is 0 Å². The van der Waals surface area contributed by atoms with Crippen LogP contribution in [0.5, 0.6) is 5.75 Å². The fourth-order valence-electron chi connectivity index (χ4n) is 1.50. The summed E-state index contributed by atoms with van der Waals surface area (Å²) in [6.07, 6.45) is 1.68. The van der Waals surface area contributed by atoms with Crippen LogP contribution in [0.25, 0.3) is 11.5 Å². The molecule has 0 bridgehead atoms. The Labute approximate surface area is 113 Å². The minimum absolute atomic E-state index is 0.262. The SMILES string of the molecule is Cc1ccc(OCc2noc(-c3ccsc3)n2)cn1. The van der Waals surface area contributed by atoms with Gasteiger partial charge in [-0.2, -0.15) is 16.3 Å². The summed E-state index contributed by atoms with van der Waals surface area (Å²) in [6, 6.07) is 5.69. The maximum Gasteiger partial charge on any atom is 0.258 e. The fraction of sp³-hybridized carbons (Fsp3) is 0.154. The van der Waals surface area contributed by atoms with E-state index in [-0.39, 0.29) is 6.61 Å². The van der Waals surface area contributed by atoms with Gasteiger partial charge in [-0.05, 0) is 30.5 Å². The van der Waals surface area contributed by atoms with Crippen LogP contribution in [0.1, 0.15) is 11.5 Å². The van der Waals surface area contributed by atoms with Gasteiger partial charge in [0.25, 0.3) is 5.89 Å². The van der Waals surface area contributed by atoms with Crippen molar-refractivity contribution >= 4 is 11.3 Å². The second kappa shape index (κ2) is 5.19. The molecule has 6 heteroatoms. The Kier molecular flexibility index (Phi) is 3.24. The normalized spacial score (nSPS) is 10.6. The lowest BCUT2D eigenvalue weighted by molar-refractivity contribution is 0.286. The molecule has 0 aliphatic rings. The third-order valence-electron chi connectivity index (χ3n) is 2.49. The molecule has 0 spiro atoms. The predicted molar refractivity (Wildman–Crippen MR) is 70.9 cm³/mol. The lowest BCUT2D eigenvalue weighted by Gasteiger charge is -2.01. The second-order valence-electron chi connectivity index (χ2n) is 3.95. The zero-order valence-electron chi connectivity index (χ0n) is 10.2. The number of hydrogen-bond acceptors (Lipinski definition) is 6. The monoisotopic (exact) mass is 273 g/mol. The average molecular weight is 273 g/mol. The van der Waals surface area contributed by atoms with Crippen molar-refractivity contribution in [1.82, 2.24) is 15.1 Å². The smallest absolute Gasteiger partial charge is 0.258 e. The molecule has 0 saturated carbocycles. The van der Waals surface area contributed by atoms with Gasteiger partial charge in [0.1, 0.15) is 5.75 Å². The molecular weight excluding hydrogens is 262 g/mol. The zero-order chi connectivity index (χ0) is 13.1. The highest BCUT2D eigenvalue weighted by atomic mass is 32.1. The van der Waals surface area contributed by atoms with Gasteiger partial charge in [0.2, 0.25) is 5.82 Å². The number of aromatic nitrogens is 3. The van der Waals surface area contributed by atoms with Gasteiger partial charge in [0, 0.05) is 11.1 Å². The molecule has 5 nitrogen and oxygen atoms in total. The number of nitrogens with zero attached hydrogens (tertiary/aromatic N) is 3. The van der Waals surface area contributed by atoms with Gasteiger partial charge < -0.3 is 9.26 Å². The van der Waals surface area contributed by atoms with Crippen LogP contribution in [0.4, 0.5) is 0 Å². The molecule has 0 fully saturated rings. The quantitative estimate of drug-likeness (QED) is 0.731. The van der Waals surface area contributed by atoms with E-state index >= 15 is 0 Å². The van der Waals surface area contributed by atoms with Gasteiger partial charge >= 0.3 is 0 Å². The van der Waals surface area contributed by atoms with Gasteiger partial charge in [0.05, 0.1) is 11.8 Å². The van der Waals surface area contributed by atoms with Crippen molar-refractivity contribution in [2.75, 3.05) is 0 Å². The number of hydrogen-bond donors (Lipinski definition) is 0. The summed E-state index contributed by atoms with van der Waals surface area (Å²) in [5.41, 5.74) is 1.88. The van der Waals surface area contributed by atoms with Crippen molar-refractivity contribution in [2.24, 2.45) is 0 Å². The van der Waals surface area contributed by atoms with Crippen LogP contribution in [-0.4, -0.2) is 15.1 Å². The first-order valence-corrected chi connectivity index (χ1v) is 6.66. The first kappa shape index (κ1) is 11.9. The van der Waals surface area contributed by atoms with Crippen molar-refractivity contribution in [2.45, 2.75) is 13.5 Å². The van der Waals surface area contributed by atoms with E-state index in [4.69, 9.17) is 9.26 Å². The largest absolute Gasteiger partial charge is 0.484 e. The van der Waals surface area contributed by atoms with Crippen molar-refractivity contribution in [3.8, 4) is 17.2 Å². The summed E-state index contributed by atoms with van der Waals surface area (Å²) in [5, 5.41) is 7.80. The third-order valence-corrected chi connectivity index (χ3v) is 3.17.